The first kappa shape index (κ1) is 21.2. The maximum absolute atomic E-state index is 13.4. The molecule has 8 nitrogen and oxygen atoms in total. The Bertz CT molecular complexity index is 1220. The fourth-order valence-corrected chi connectivity index (χ4v) is 3.70. The Labute approximate surface area is 182 Å². The second-order valence-corrected chi connectivity index (χ2v) is 7.31. The Morgan fingerprint density at radius 3 is 2.31 bits per heavy atom. The van der Waals surface area contributed by atoms with Gasteiger partial charge in [0.15, 0.2) is 11.5 Å². The Morgan fingerprint density at radius 1 is 1.03 bits per heavy atom. The lowest BCUT2D eigenvalue weighted by molar-refractivity contribution is -0.129. The van der Waals surface area contributed by atoms with Gasteiger partial charge < -0.3 is 16.2 Å². The molecule has 0 fully saturated rings. The zero-order valence-corrected chi connectivity index (χ0v) is 17.3. The molecule has 1 aromatic heterocycles. The lowest BCUT2D eigenvalue weighted by Crippen LogP contribution is -2.41. The van der Waals surface area contributed by atoms with E-state index in [4.69, 9.17) is 11.5 Å². The maximum Gasteiger partial charge on any atom is 0.387 e. The number of hydrogen-bond acceptors (Lipinski definition) is 7. The third kappa shape index (κ3) is 3.49. The molecule has 2 aromatic carbocycles. The summed E-state index contributed by atoms with van der Waals surface area (Å²) in [6.07, 6.45) is 3.16. The van der Waals surface area contributed by atoms with Crippen molar-refractivity contribution in [1.82, 2.24) is 14.9 Å². The number of carbonyl (C=O) groups excluding carboxylic acids is 1. The van der Waals surface area contributed by atoms with Crippen LogP contribution in [0.5, 0.6) is 5.75 Å². The second kappa shape index (κ2) is 7.88. The fraction of sp³-hybridized carbons (Fsp3) is 0.182. The average molecular weight is 438 g/mol. The Morgan fingerprint density at radius 2 is 1.72 bits per heavy atom. The second-order valence-electron chi connectivity index (χ2n) is 7.31. The minimum atomic E-state index is -2.96. The van der Waals surface area contributed by atoms with Crippen LogP contribution in [-0.4, -0.2) is 40.4 Å². The number of benzene rings is 2. The van der Waals surface area contributed by atoms with E-state index >= 15 is 0 Å². The number of ether oxygens (including phenoxy) is 1. The molecule has 0 saturated carbocycles. The normalized spacial score (nSPS) is 18.2. The standard InChI is InChI=1S/C22H20F2N6O2/c1-12-8-16(6-7-17(12)32-19(23)24)22(18(31)30(2)21(26)29-22)15-5-3-4-13(9-15)14-10-27-20(25)28-11-14/h3-11,19H,1-2H3,(H2,26,29)(H2,25,27,28). The van der Waals surface area contributed by atoms with E-state index in [0.29, 0.717) is 22.3 Å². The molecule has 2 heterocycles. The van der Waals surface area contributed by atoms with E-state index in [0.717, 1.165) is 5.56 Å². The molecule has 164 valence electrons. The van der Waals surface area contributed by atoms with Crippen molar-refractivity contribution in [1.29, 1.82) is 0 Å². The molecule has 10 heteroatoms. The van der Waals surface area contributed by atoms with Crippen molar-refractivity contribution >= 4 is 17.8 Å². The summed E-state index contributed by atoms with van der Waals surface area (Å²) >= 11 is 0. The van der Waals surface area contributed by atoms with Crippen molar-refractivity contribution in [2.75, 3.05) is 12.8 Å². The number of guanidine groups is 1. The summed E-state index contributed by atoms with van der Waals surface area (Å²) in [5, 5.41) is 0. The molecule has 1 unspecified atom stereocenters. The van der Waals surface area contributed by atoms with Crippen LogP contribution in [0, 0.1) is 6.92 Å². The quantitative estimate of drug-likeness (QED) is 0.632. The molecule has 1 amide bonds. The van der Waals surface area contributed by atoms with E-state index in [1.807, 2.05) is 6.07 Å². The van der Waals surface area contributed by atoms with Crippen LogP contribution in [0.3, 0.4) is 0 Å². The number of rotatable bonds is 5. The van der Waals surface area contributed by atoms with Crippen LogP contribution in [0.1, 0.15) is 16.7 Å². The van der Waals surface area contributed by atoms with Crippen LogP contribution in [0.15, 0.2) is 59.9 Å². The van der Waals surface area contributed by atoms with Crippen molar-refractivity contribution in [2.24, 2.45) is 10.7 Å². The van der Waals surface area contributed by atoms with Crippen LogP contribution < -0.4 is 16.2 Å². The number of alkyl halides is 2. The van der Waals surface area contributed by atoms with Crippen LogP contribution in [0.4, 0.5) is 14.7 Å². The van der Waals surface area contributed by atoms with Gasteiger partial charge in [-0.15, -0.1) is 0 Å². The van der Waals surface area contributed by atoms with Gasteiger partial charge in [0.1, 0.15) is 5.75 Å². The minimum Gasteiger partial charge on any atom is -0.435 e. The molecule has 0 bridgehead atoms. The number of nitrogens with zero attached hydrogens (tertiary/aromatic N) is 4. The number of aromatic nitrogens is 2. The van der Waals surface area contributed by atoms with Gasteiger partial charge in [-0.05, 0) is 47.4 Å². The van der Waals surface area contributed by atoms with Crippen molar-refractivity contribution in [3.8, 4) is 16.9 Å². The summed E-state index contributed by atoms with van der Waals surface area (Å²) in [5.41, 5.74) is 13.0. The number of aryl methyl sites for hydroxylation is 1. The van der Waals surface area contributed by atoms with Gasteiger partial charge in [0.25, 0.3) is 5.91 Å². The first-order chi connectivity index (χ1) is 15.2. The lowest BCUT2D eigenvalue weighted by atomic mass is 9.81. The maximum atomic E-state index is 13.4. The summed E-state index contributed by atoms with van der Waals surface area (Å²) in [4.78, 5) is 27.3. The molecule has 0 saturated heterocycles. The largest absolute Gasteiger partial charge is 0.435 e. The molecule has 3 aromatic rings. The fourth-order valence-electron chi connectivity index (χ4n) is 3.70. The number of aliphatic imine (C=N–C) groups is 1. The van der Waals surface area contributed by atoms with E-state index in [-0.39, 0.29) is 23.6 Å². The lowest BCUT2D eigenvalue weighted by Gasteiger charge is -2.27. The topological polar surface area (TPSA) is 120 Å². The van der Waals surface area contributed by atoms with Gasteiger partial charge in [-0.1, -0.05) is 24.3 Å². The molecular weight excluding hydrogens is 418 g/mol. The molecule has 1 atom stereocenters. The van der Waals surface area contributed by atoms with Gasteiger partial charge in [0, 0.05) is 25.0 Å². The summed E-state index contributed by atoms with van der Waals surface area (Å²) in [5.74, 6) is -0.167. The summed E-state index contributed by atoms with van der Waals surface area (Å²) < 4.78 is 29.9. The van der Waals surface area contributed by atoms with Crippen molar-refractivity contribution < 1.29 is 18.3 Å². The van der Waals surface area contributed by atoms with Gasteiger partial charge in [-0.3, -0.25) is 9.69 Å². The Balaban J connectivity index is 1.88. The summed E-state index contributed by atoms with van der Waals surface area (Å²) in [6.45, 7) is -1.34. The van der Waals surface area contributed by atoms with E-state index < -0.39 is 12.2 Å². The smallest absolute Gasteiger partial charge is 0.387 e. The van der Waals surface area contributed by atoms with Gasteiger partial charge in [-0.25, -0.2) is 15.0 Å². The zero-order valence-electron chi connectivity index (χ0n) is 17.3. The minimum absolute atomic E-state index is 0.0161. The molecule has 32 heavy (non-hydrogen) atoms. The van der Waals surface area contributed by atoms with Crippen molar-refractivity contribution in [3.05, 3.63) is 71.5 Å². The molecular formula is C22H20F2N6O2. The molecule has 4 rings (SSSR count). The highest BCUT2D eigenvalue weighted by Gasteiger charge is 2.49. The van der Waals surface area contributed by atoms with Crippen LogP contribution >= 0.6 is 0 Å². The molecule has 4 N–H and O–H groups in total. The van der Waals surface area contributed by atoms with Crippen LogP contribution in [-0.2, 0) is 10.3 Å². The first-order valence-electron chi connectivity index (χ1n) is 9.60. The molecule has 0 spiro atoms. The summed E-state index contributed by atoms with van der Waals surface area (Å²) in [7, 11) is 1.53. The number of amides is 1. The van der Waals surface area contributed by atoms with Gasteiger partial charge in [0.05, 0.1) is 0 Å². The number of halogens is 2. The molecule has 0 aliphatic carbocycles. The van der Waals surface area contributed by atoms with Gasteiger partial charge >= 0.3 is 6.61 Å². The predicted molar refractivity (Wildman–Crippen MR) is 115 cm³/mol. The SMILES string of the molecule is Cc1cc(C2(c3cccc(-c4cnc(N)nc4)c3)N=C(N)N(C)C2=O)ccc1OC(F)F. The van der Waals surface area contributed by atoms with E-state index in [1.54, 1.807) is 43.6 Å². The van der Waals surface area contributed by atoms with Gasteiger partial charge in [-0.2, -0.15) is 8.78 Å². The third-order valence-electron chi connectivity index (χ3n) is 5.33. The zero-order chi connectivity index (χ0) is 23.0. The number of anilines is 1. The highest BCUT2D eigenvalue weighted by Crippen LogP contribution is 2.41. The first-order valence-corrected chi connectivity index (χ1v) is 9.60. The van der Waals surface area contributed by atoms with E-state index in [1.165, 1.54) is 24.1 Å². The highest BCUT2D eigenvalue weighted by atomic mass is 19.3. The number of carbonyl (C=O) groups is 1. The number of likely N-dealkylation sites (N-methyl/N-ethyl adjacent to an activating group) is 1. The highest BCUT2D eigenvalue weighted by molar-refractivity contribution is 6.09. The molecule has 0 radical (unpaired) electrons. The Kier molecular flexibility index (Phi) is 5.21. The average Bonchev–Trinajstić information content (AvgIpc) is 3.00. The van der Waals surface area contributed by atoms with Crippen molar-refractivity contribution in [3.63, 3.8) is 0 Å². The van der Waals surface area contributed by atoms with Crippen LogP contribution in [0.2, 0.25) is 0 Å². The Hall–Kier alpha value is -4.08. The van der Waals surface area contributed by atoms with Crippen LogP contribution in [0.25, 0.3) is 11.1 Å². The van der Waals surface area contributed by atoms with E-state index in [2.05, 4.69) is 19.7 Å². The summed E-state index contributed by atoms with van der Waals surface area (Å²) in [6, 6.07) is 11.7. The number of hydrogen-bond donors (Lipinski definition) is 2. The number of nitrogens with two attached hydrogens (primary N) is 2. The van der Waals surface area contributed by atoms with Crippen molar-refractivity contribution in [2.45, 2.75) is 19.1 Å². The predicted octanol–water partition coefficient (Wildman–Crippen LogP) is 2.67. The molecule has 1 aliphatic rings. The van der Waals surface area contributed by atoms with Gasteiger partial charge in [0.2, 0.25) is 5.95 Å². The number of nitrogen functional groups attached to an aromatic ring is 1. The van der Waals surface area contributed by atoms with E-state index in [9.17, 15) is 13.6 Å². The monoisotopic (exact) mass is 438 g/mol. The third-order valence-corrected chi connectivity index (χ3v) is 5.33. The molecule has 1 aliphatic heterocycles.